The van der Waals surface area contributed by atoms with Crippen LogP contribution < -0.4 is 10.4 Å². The summed E-state index contributed by atoms with van der Waals surface area (Å²) in [5.74, 6) is -0.0498. The number of nitrogens with zero attached hydrogens (tertiary/aromatic N) is 2. The van der Waals surface area contributed by atoms with Crippen LogP contribution in [0.15, 0.2) is 52.8 Å². The zero-order valence-electron chi connectivity index (χ0n) is 14.9. The van der Waals surface area contributed by atoms with Crippen molar-refractivity contribution in [3.63, 3.8) is 0 Å². The molecule has 0 spiro atoms. The highest BCUT2D eigenvalue weighted by Crippen LogP contribution is 2.31. The molecular formula is C20H16FN3O3S. The van der Waals surface area contributed by atoms with Crippen LogP contribution in [-0.2, 0) is 6.54 Å². The largest absolute Gasteiger partial charge is 0.493 e. The summed E-state index contributed by atoms with van der Waals surface area (Å²) in [6.07, 6.45) is 1.54. The second kappa shape index (κ2) is 7.40. The van der Waals surface area contributed by atoms with Crippen molar-refractivity contribution in [2.45, 2.75) is 13.5 Å². The zero-order valence-corrected chi connectivity index (χ0v) is 15.8. The molecule has 0 aliphatic heterocycles. The van der Waals surface area contributed by atoms with Crippen molar-refractivity contribution in [2.75, 3.05) is 6.61 Å². The summed E-state index contributed by atoms with van der Waals surface area (Å²) in [4.78, 5) is 32.3. The van der Waals surface area contributed by atoms with Crippen LogP contribution >= 0.6 is 11.3 Å². The van der Waals surface area contributed by atoms with Gasteiger partial charge in [0.15, 0.2) is 11.4 Å². The van der Waals surface area contributed by atoms with E-state index < -0.39 is 11.5 Å². The number of fused-ring (bicyclic) bond motifs is 1. The summed E-state index contributed by atoms with van der Waals surface area (Å²) in [6, 6.07) is 9.46. The second-order valence-corrected chi connectivity index (χ2v) is 7.03. The highest BCUT2D eigenvalue weighted by Gasteiger charge is 2.16. The molecule has 1 N–H and O–H groups in total. The lowest BCUT2D eigenvalue weighted by molar-refractivity contribution is 0.0976. The van der Waals surface area contributed by atoms with Crippen LogP contribution in [0.5, 0.6) is 5.75 Å². The van der Waals surface area contributed by atoms with Gasteiger partial charge in [0.2, 0.25) is 0 Å². The molecule has 4 rings (SSSR count). The molecule has 0 unspecified atom stereocenters. The Kier molecular flexibility index (Phi) is 4.79. The van der Waals surface area contributed by atoms with E-state index in [0.29, 0.717) is 39.5 Å². The van der Waals surface area contributed by atoms with E-state index in [0.717, 1.165) is 0 Å². The lowest BCUT2D eigenvalue weighted by Crippen LogP contribution is -2.21. The number of halogens is 1. The lowest BCUT2D eigenvalue weighted by atomic mass is 10.1. The fourth-order valence-electron chi connectivity index (χ4n) is 3.01. The average Bonchev–Trinajstić information content (AvgIpc) is 3.32. The Hall–Kier alpha value is -3.26. The number of benzene rings is 1. The van der Waals surface area contributed by atoms with E-state index in [2.05, 4.69) is 9.97 Å². The number of hydrogen-bond acceptors (Lipinski definition) is 5. The van der Waals surface area contributed by atoms with Gasteiger partial charge in [-0.3, -0.25) is 14.3 Å². The van der Waals surface area contributed by atoms with E-state index in [1.807, 2.05) is 12.3 Å². The maximum atomic E-state index is 13.8. The van der Waals surface area contributed by atoms with Crippen LogP contribution in [0.1, 0.15) is 16.6 Å². The van der Waals surface area contributed by atoms with Gasteiger partial charge in [0, 0.05) is 17.3 Å². The topological polar surface area (TPSA) is 77.0 Å². The minimum Gasteiger partial charge on any atom is -0.493 e. The van der Waals surface area contributed by atoms with Crippen molar-refractivity contribution in [2.24, 2.45) is 0 Å². The number of thiophene rings is 1. The van der Waals surface area contributed by atoms with Gasteiger partial charge in [0.05, 0.1) is 23.5 Å². The lowest BCUT2D eigenvalue weighted by Gasteiger charge is -2.11. The number of ketones is 1. The van der Waals surface area contributed by atoms with Crippen molar-refractivity contribution < 1.29 is 13.9 Å². The van der Waals surface area contributed by atoms with Crippen molar-refractivity contribution >= 4 is 28.3 Å². The minimum absolute atomic E-state index is 0.105. The molecule has 4 aromatic rings. The number of carbonyl (C=O) groups is 1. The summed E-state index contributed by atoms with van der Waals surface area (Å²) < 4.78 is 20.7. The molecule has 1 aromatic carbocycles. The number of H-pyrrole nitrogens is 1. The highest BCUT2D eigenvalue weighted by molar-refractivity contribution is 7.12. The number of hydrogen-bond donors (Lipinski definition) is 1. The molecule has 6 nitrogen and oxygen atoms in total. The van der Waals surface area contributed by atoms with Gasteiger partial charge >= 0.3 is 5.69 Å². The number of aromatic nitrogens is 3. The molecular weight excluding hydrogens is 381 g/mol. The first kappa shape index (κ1) is 18.1. The smallest absolute Gasteiger partial charge is 0.328 e. The van der Waals surface area contributed by atoms with Gasteiger partial charge in [-0.15, -0.1) is 11.3 Å². The number of nitrogens with one attached hydrogen (secondary N) is 1. The van der Waals surface area contributed by atoms with Crippen LogP contribution in [-0.4, -0.2) is 26.9 Å². The Balaban J connectivity index is 1.80. The monoisotopic (exact) mass is 397 g/mol. The molecule has 0 amide bonds. The van der Waals surface area contributed by atoms with Gasteiger partial charge in [-0.1, -0.05) is 6.07 Å². The first-order chi connectivity index (χ1) is 13.6. The first-order valence-electron chi connectivity index (χ1n) is 8.65. The molecule has 0 aliphatic carbocycles. The van der Waals surface area contributed by atoms with Crippen molar-refractivity contribution in [3.05, 3.63) is 69.2 Å². The molecule has 0 bridgehead atoms. The van der Waals surface area contributed by atoms with Crippen molar-refractivity contribution in [1.82, 2.24) is 14.5 Å². The normalized spacial score (nSPS) is 11.1. The maximum Gasteiger partial charge on any atom is 0.328 e. The zero-order chi connectivity index (χ0) is 19.7. The number of rotatable bonds is 6. The minimum atomic E-state index is -0.422. The van der Waals surface area contributed by atoms with Gasteiger partial charge in [0.25, 0.3) is 0 Å². The Morgan fingerprint density at radius 2 is 2.18 bits per heavy atom. The fourth-order valence-corrected chi connectivity index (χ4v) is 3.66. The quantitative estimate of drug-likeness (QED) is 0.501. The van der Waals surface area contributed by atoms with Gasteiger partial charge in [0.1, 0.15) is 11.6 Å². The van der Waals surface area contributed by atoms with Crippen molar-refractivity contribution in [1.29, 1.82) is 0 Å². The standard InChI is InChI=1S/C20H16FN3O3S/c1-2-27-17-6-5-13(21)9-14(17)12-8-15-19(22-10-12)23-20(26)24(15)11-16(25)18-4-3-7-28-18/h3-10H,2,11H2,1H3,(H,22,23,26). The fraction of sp³-hybridized carbons (Fsp3) is 0.150. The Morgan fingerprint density at radius 1 is 1.32 bits per heavy atom. The summed E-state index contributed by atoms with van der Waals surface area (Å²) in [6.45, 7) is 2.17. The molecule has 142 valence electrons. The number of pyridine rings is 1. The number of carbonyl (C=O) groups excluding carboxylic acids is 1. The predicted octanol–water partition coefficient (Wildman–Crippen LogP) is 3.87. The number of Topliss-reactive ketones (excluding diaryl/α,β-unsaturated/α-hetero) is 1. The van der Waals surface area contributed by atoms with Crippen LogP contribution in [0.25, 0.3) is 22.3 Å². The average molecular weight is 397 g/mol. The first-order valence-corrected chi connectivity index (χ1v) is 9.52. The molecule has 0 atom stereocenters. The van der Waals surface area contributed by atoms with Crippen LogP contribution in [0.3, 0.4) is 0 Å². The van der Waals surface area contributed by atoms with Crippen molar-refractivity contribution in [3.8, 4) is 16.9 Å². The molecule has 0 aliphatic rings. The SMILES string of the molecule is CCOc1ccc(F)cc1-c1cnc2[nH]c(=O)n(CC(=O)c3cccs3)c2c1. The molecule has 3 heterocycles. The van der Waals surface area contributed by atoms with Crippen LogP contribution in [0.2, 0.25) is 0 Å². The molecule has 0 saturated heterocycles. The number of imidazole rings is 1. The molecule has 0 saturated carbocycles. The molecule has 8 heteroatoms. The molecule has 3 aromatic heterocycles. The number of ether oxygens (including phenoxy) is 1. The Labute approximate surface area is 163 Å². The maximum absolute atomic E-state index is 13.8. The summed E-state index contributed by atoms with van der Waals surface area (Å²) in [7, 11) is 0. The third-order valence-corrected chi connectivity index (χ3v) is 5.19. The van der Waals surface area contributed by atoms with Gasteiger partial charge in [-0.2, -0.15) is 0 Å². The van der Waals surface area contributed by atoms with E-state index in [1.165, 1.54) is 28.0 Å². The molecule has 0 fully saturated rings. The van der Waals surface area contributed by atoms with E-state index in [9.17, 15) is 14.0 Å². The number of aromatic amines is 1. The van der Waals surface area contributed by atoms with Crippen LogP contribution in [0.4, 0.5) is 4.39 Å². The Bertz CT molecular complexity index is 1210. The van der Waals surface area contributed by atoms with Gasteiger partial charge < -0.3 is 4.74 Å². The third kappa shape index (κ3) is 3.34. The van der Waals surface area contributed by atoms with E-state index in [-0.39, 0.29) is 12.3 Å². The van der Waals surface area contributed by atoms with E-state index >= 15 is 0 Å². The van der Waals surface area contributed by atoms with E-state index in [1.54, 1.807) is 30.5 Å². The van der Waals surface area contributed by atoms with Crippen LogP contribution in [0, 0.1) is 5.82 Å². The molecule has 28 heavy (non-hydrogen) atoms. The summed E-state index contributed by atoms with van der Waals surface area (Å²) >= 11 is 1.32. The molecule has 0 radical (unpaired) electrons. The van der Waals surface area contributed by atoms with Gasteiger partial charge in [-0.25, -0.2) is 14.2 Å². The third-order valence-electron chi connectivity index (χ3n) is 4.28. The van der Waals surface area contributed by atoms with Gasteiger partial charge in [-0.05, 0) is 42.6 Å². The second-order valence-electron chi connectivity index (χ2n) is 6.08. The Morgan fingerprint density at radius 3 is 2.93 bits per heavy atom. The van der Waals surface area contributed by atoms with E-state index in [4.69, 9.17) is 4.74 Å². The highest BCUT2D eigenvalue weighted by atomic mass is 32.1. The summed E-state index contributed by atoms with van der Waals surface area (Å²) in [5.41, 5.74) is 1.53. The predicted molar refractivity (Wildman–Crippen MR) is 106 cm³/mol. The summed E-state index contributed by atoms with van der Waals surface area (Å²) in [5, 5.41) is 1.81.